The van der Waals surface area contributed by atoms with Crippen molar-refractivity contribution in [1.82, 2.24) is 4.90 Å². The SMILES string of the molecule is CCOC(Cc1ccc(OCCN(CC2CCCC2)C(=O)Nc2ccc(OC(F)(F)F)cc2)cc1)C(=O)O. The molecule has 11 heteroatoms. The van der Waals surface area contributed by atoms with Gasteiger partial charge in [-0.15, -0.1) is 13.2 Å². The number of alkyl halides is 3. The Hall–Kier alpha value is -3.47. The van der Waals surface area contributed by atoms with Crippen molar-refractivity contribution in [3.63, 3.8) is 0 Å². The van der Waals surface area contributed by atoms with E-state index in [-0.39, 0.29) is 24.8 Å². The zero-order valence-electron chi connectivity index (χ0n) is 21.2. The van der Waals surface area contributed by atoms with Crippen LogP contribution in [0.2, 0.25) is 0 Å². The number of carboxylic acids is 1. The highest BCUT2D eigenvalue weighted by Crippen LogP contribution is 2.27. The highest BCUT2D eigenvalue weighted by atomic mass is 19.4. The van der Waals surface area contributed by atoms with Crippen LogP contribution in [0.3, 0.4) is 0 Å². The number of nitrogens with zero attached hydrogens (tertiary/aromatic N) is 1. The number of ether oxygens (including phenoxy) is 3. The molecule has 1 saturated carbocycles. The fourth-order valence-corrected chi connectivity index (χ4v) is 4.35. The van der Waals surface area contributed by atoms with Gasteiger partial charge in [0.05, 0.1) is 6.54 Å². The fourth-order valence-electron chi connectivity index (χ4n) is 4.35. The van der Waals surface area contributed by atoms with E-state index in [0.717, 1.165) is 43.4 Å². The lowest BCUT2D eigenvalue weighted by atomic mass is 10.1. The minimum Gasteiger partial charge on any atom is -0.492 e. The molecule has 0 bridgehead atoms. The Morgan fingerprint density at radius 1 is 1.05 bits per heavy atom. The molecule has 1 aliphatic rings. The van der Waals surface area contributed by atoms with Crippen LogP contribution in [0.5, 0.6) is 11.5 Å². The second-order valence-corrected chi connectivity index (χ2v) is 9.08. The Bertz CT molecular complexity index is 1020. The monoisotopic (exact) mass is 538 g/mol. The third-order valence-electron chi connectivity index (χ3n) is 6.20. The van der Waals surface area contributed by atoms with Gasteiger partial charge in [-0.05, 0) is 67.6 Å². The summed E-state index contributed by atoms with van der Waals surface area (Å²) in [7, 11) is 0. The Morgan fingerprint density at radius 3 is 2.26 bits per heavy atom. The predicted octanol–water partition coefficient (Wildman–Crippen LogP) is 5.72. The number of hydrogen-bond donors (Lipinski definition) is 2. The molecule has 2 N–H and O–H groups in total. The van der Waals surface area contributed by atoms with Gasteiger partial charge in [-0.1, -0.05) is 25.0 Å². The number of anilines is 1. The summed E-state index contributed by atoms with van der Waals surface area (Å²) >= 11 is 0. The van der Waals surface area contributed by atoms with Gasteiger partial charge in [0.1, 0.15) is 18.1 Å². The molecule has 0 heterocycles. The zero-order valence-corrected chi connectivity index (χ0v) is 21.2. The van der Waals surface area contributed by atoms with Crippen LogP contribution in [0.1, 0.15) is 38.2 Å². The topological polar surface area (TPSA) is 97.3 Å². The Kier molecular flexibility index (Phi) is 10.6. The van der Waals surface area contributed by atoms with Crippen molar-refractivity contribution in [2.45, 2.75) is 51.5 Å². The van der Waals surface area contributed by atoms with Crippen molar-refractivity contribution in [1.29, 1.82) is 0 Å². The first kappa shape index (κ1) is 29.1. The normalized spacial score (nSPS) is 14.6. The molecule has 1 atom stereocenters. The second-order valence-electron chi connectivity index (χ2n) is 9.08. The first-order chi connectivity index (χ1) is 18.1. The van der Waals surface area contributed by atoms with Crippen molar-refractivity contribution < 1.29 is 42.1 Å². The van der Waals surface area contributed by atoms with Gasteiger partial charge in [-0.25, -0.2) is 9.59 Å². The Labute approximate surface area is 219 Å². The molecular formula is C27H33F3N2O6. The van der Waals surface area contributed by atoms with E-state index in [1.54, 1.807) is 36.1 Å². The van der Waals surface area contributed by atoms with Gasteiger partial charge >= 0.3 is 18.4 Å². The minimum atomic E-state index is -4.78. The summed E-state index contributed by atoms with van der Waals surface area (Å²) in [5.41, 5.74) is 1.15. The second kappa shape index (κ2) is 13.9. The van der Waals surface area contributed by atoms with E-state index in [1.807, 2.05) is 0 Å². The summed E-state index contributed by atoms with van der Waals surface area (Å²) in [6, 6.07) is 11.7. The van der Waals surface area contributed by atoms with Crippen LogP contribution in [0, 0.1) is 5.92 Å². The summed E-state index contributed by atoms with van der Waals surface area (Å²) in [4.78, 5) is 25.9. The quantitative estimate of drug-likeness (QED) is 0.339. The minimum absolute atomic E-state index is 0.231. The van der Waals surface area contributed by atoms with Crippen LogP contribution in [0.15, 0.2) is 48.5 Å². The van der Waals surface area contributed by atoms with Crippen molar-refractivity contribution in [2.24, 2.45) is 5.92 Å². The maximum absolute atomic E-state index is 13.0. The lowest BCUT2D eigenvalue weighted by Crippen LogP contribution is -2.40. The average Bonchev–Trinajstić information content (AvgIpc) is 3.37. The summed E-state index contributed by atoms with van der Waals surface area (Å²) in [5.74, 6) is -0.416. The number of amides is 2. The zero-order chi connectivity index (χ0) is 27.5. The number of urea groups is 1. The molecule has 0 spiro atoms. The predicted molar refractivity (Wildman–Crippen MR) is 134 cm³/mol. The molecule has 2 amide bonds. The molecule has 1 unspecified atom stereocenters. The lowest BCUT2D eigenvalue weighted by Gasteiger charge is -2.26. The molecule has 1 fully saturated rings. The molecule has 208 valence electrons. The summed E-state index contributed by atoms with van der Waals surface area (Å²) in [6.07, 6.45) is -1.15. The maximum atomic E-state index is 13.0. The van der Waals surface area contributed by atoms with Crippen molar-refractivity contribution >= 4 is 17.7 Å². The Balaban J connectivity index is 1.55. The van der Waals surface area contributed by atoms with Gasteiger partial charge in [0.2, 0.25) is 0 Å². The van der Waals surface area contributed by atoms with Gasteiger partial charge < -0.3 is 29.5 Å². The third-order valence-corrected chi connectivity index (χ3v) is 6.20. The average molecular weight is 539 g/mol. The van der Waals surface area contributed by atoms with Crippen molar-refractivity contribution in [3.8, 4) is 11.5 Å². The van der Waals surface area contributed by atoms with Crippen LogP contribution in [-0.2, 0) is 16.0 Å². The van der Waals surface area contributed by atoms with Gasteiger partial charge in [-0.2, -0.15) is 0 Å². The third kappa shape index (κ3) is 9.77. The Morgan fingerprint density at radius 2 is 1.68 bits per heavy atom. The molecule has 3 rings (SSSR count). The van der Waals surface area contributed by atoms with Crippen LogP contribution in [-0.4, -0.2) is 60.8 Å². The molecule has 2 aromatic carbocycles. The molecule has 0 saturated heterocycles. The molecule has 0 aliphatic heterocycles. The van der Waals surface area contributed by atoms with Crippen LogP contribution >= 0.6 is 0 Å². The number of halogens is 3. The summed E-state index contributed by atoms with van der Waals surface area (Å²) in [5, 5.41) is 12.0. The van der Waals surface area contributed by atoms with Crippen LogP contribution in [0.25, 0.3) is 0 Å². The van der Waals surface area contributed by atoms with Crippen molar-refractivity contribution in [3.05, 3.63) is 54.1 Å². The molecule has 2 aromatic rings. The van der Waals surface area contributed by atoms with E-state index in [1.165, 1.54) is 12.1 Å². The van der Waals surface area contributed by atoms with Gasteiger partial charge in [0, 0.05) is 25.3 Å². The number of aliphatic carboxylic acids is 1. The molecule has 38 heavy (non-hydrogen) atoms. The molecule has 1 aliphatic carbocycles. The van der Waals surface area contributed by atoms with Gasteiger partial charge in [0.15, 0.2) is 6.10 Å². The lowest BCUT2D eigenvalue weighted by molar-refractivity contribution is -0.274. The smallest absolute Gasteiger partial charge is 0.492 e. The first-order valence-electron chi connectivity index (χ1n) is 12.6. The molecule has 0 aromatic heterocycles. The summed E-state index contributed by atoms with van der Waals surface area (Å²) < 4.78 is 52.1. The highest BCUT2D eigenvalue weighted by molar-refractivity contribution is 5.89. The highest BCUT2D eigenvalue weighted by Gasteiger charge is 2.31. The summed E-state index contributed by atoms with van der Waals surface area (Å²) in [6.45, 7) is 3.14. The van der Waals surface area contributed by atoms with E-state index >= 15 is 0 Å². The molecule has 0 radical (unpaired) electrons. The fraction of sp³-hybridized carbons (Fsp3) is 0.481. The van der Waals surface area contributed by atoms with Crippen LogP contribution < -0.4 is 14.8 Å². The number of rotatable bonds is 13. The van der Waals surface area contributed by atoms with Gasteiger partial charge in [0.25, 0.3) is 0 Å². The molecule has 8 nitrogen and oxygen atoms in total. The number of benzene rings is 2. The standard InChI is InChI=1S/C27H33F3N2O6/c1-2-36-24(25(33)34)17-19-7-11-22(12-8-19)37-16-15-32(18-20-5-3-4-6-20)26(35)31-21-9-13-23(14-10-21)38-27(28,29)30/h7-14,20,24H,2-6,15-18H2,1H3,(H,31,35)(H,33,34). The largest absolute Gasteiger partial charge is 0.573 e. The first-order valence-corrected chi connectivity index (χ1v) is 12.6. The van der Waals surface area contributed by atoms with E-state index < -0.39 is 18.4 Å². The van der Waals surface area contributed by atoms with Crippen molar-refractivity contribution in [2.75, 3.05) is 31.6 Å². The van der Waals surface area contributed by atoms with E-state index in [4.69, 9.17) is 9.47 Å². The van der Waals surface area contributed by atoms with Crippen LogP contribution in [0.4, 0.5) is 23.7 Å². The van der Waals surface area contributed by atoms with E-state index in [9.17, 15) is 27.9 Å². The maximum Gasteiger partial charge on any atom is 0.573 e. The number of carbonyl (C=O) groups is 2. The van der Waals surface area contributed by atoms with E-state index in [0.29, 0.717) is 37.1 Å². The molecular weight excluding hydrogens is 505 g/mol. The number of carbonyl (C=O) groups excluding carboxylic acids is 1. The van der Waals surface area contributed by atoms with E-state index in [2.05, 4.69) is 10.1 Å². The number of hydrogen-bond acceptors (Lipinski definition) is 5. The number of carboxylic acid groups (broad SMARTS) is 1. The van der Waals surface area contributed by atoms with Gasteiger partial charge in [-0.3, -0.25) is 0 Å². The number of nitrogens with one attached hydrogen (secondary N) is 1.